The molecule has 44 heavy (non-hydrogen) atoms. The molecule has 9 rings (SSSR count). The molecular weight excluding hydrogens is 534 g/mol. The number of pyridine rings is 1. The van der Waals surface area contributed by atoms with Crippen molar-refractivity contribution < 1.29 is 0 Å². The van der Waals surface area contributed by atoms with Gasteiger partial charge in [0.05, 0.1) is 22.2 Å². The van der Waals surface area contributed by atoms with E-state index < -0.39 is 0 Å². The quantitative estimate of drug-likeness (QED) is 0.160. The van der Waals surface area contributed by atoms with Crippen LogP contribution in [0.1, 0.15) is 0 Å². The Morgan fingerprint density at radius 2 is 0.864 bits per heavy atom. The van der Waals surface area contributed by atoms with E-state index in [2.05, 4.69) is 133 Å². The summed E-state index contributed by atoms with van der Waals surface area (Å²) in [5, 5.41) is 8.22. The molecule has 204 valence electrons. The van der Waals surface area contributed by atoms with Crippen molar-refractivity contribution in [1.29, 1.82) is 0 Å². The van der Waals surface area contributed by atoms with Gasteiger partial charge < -0.3 is 0 Å². The van der Waals surface area contributed by atoms with Gasteiger partial charge in [0.1, 0.15) is 0 Å². The van der Waals surface area contributed by atoms with Gasteiger partial charge in [-0.3, -0.25) is 0 Å². The summed E-state index contributed by atoms with van der Waals surface area (Å²) in [5.41, 5.74) is 8.28. The van der Waals surface area contributed by atoms with Crippen LogP contribution in [0.5, 0.6) is 0 Å². The summed E-state index contributed by atoms with van der Waals surface area (Å²) in [5.74, 6) is 0.717. The van der Waals surface area contributed by atoms with Crippen LogP contribution in [0, 0.1) is 0 Å². The van der Waals surface area contributed by atoms with Crippen molar-refractivity contribution in [3.63, 3.8) is 0 Å². The summed E-state index contributed by atoms with van der Waals surface area (Å²) in [6.45, 7) is 0. The minimum atomic E-state index is 0.717. The molecule has 0 saturated heterocycles. The second-order valence-corrected chi connectivity index (χ2v) is 11.2. The molecule has 0 aliphatic carbocycles. The molecule has 3 nitrogen and oxygen atoms in total. The van der Waals surface area contributed by atoms with E-state index in [9.17, 15) is 0 Å². The van der Waals surface area contributed by atoms with E-state index in [0.717, 1.165) is 50.1 Å². The molecule has 0 amide bonds. The summed E-state index contributed by atoms with van der Waals surface area (Å²) >= 11 is 0. The Morgan fingerprint density at radius 1 is 0.318 bits per heavy atom. The van der Waals surface area contributed by atoms with Crippen molar-refractivity contribution in [3.05, 3.63) is 152 Å². The molecule has 3 heteroatoms. The van der Waals surface area contributed by atoms with E-state index in [-0.39, 0.29) is 0 Å². The number of para-hydroxylation sites is 1. The molecule has 2 heterocycles. The van der Waals surface area contributed by atoms with Crippen LogP contribution in [0.15, 0.2) is 152 Å². The Bertz CT molecular complexity index is 2440. The van der Waals surface area contributed by atoms with Gasteiger partial charge in [-0.05, 0) is 45.3 Å². The summed E-state index contributed by atoms with van der Waals surface area (Å²) in [4.78, 5) is 15.3. The van der Waals surface area contributed by atoms with Gasteiger partial charge in [0.15, 0.2) is 5.82 Å². The zero-order valence-electron chi connectivity index (χ0n) is 23.8. The zero-order chi connectivity index (χ0) is 29.0. The number of hydrogen-bond donors (Lipinski definition) is 0. The first-order valence-electron chi connectivity index (χ1n) is 14.9. The summed E-state index contributed by atoms with van der Waals surface area (Å²) in [6, 6.07) is 53.2. The molecule has 9 aromatic rings. The van der Waals surface area contributed by atoms with Crippen LogP contribution in [0.3, 0.4) is 0 Å². The van der Waals surface area contributed by atoms with Gasteiger partial charge in [0.2, 0.25) is 0 Å². The van der Waals surface area contributed by atoms with Gasteiger partial charge in [0, 0.05) is 32.8 Å². The third-order valence-corrected chi connectivity index (χ3v) is 8.64. The van der Waals surface area contributed by atoms with Crippen LogP contribution in [-0.4, -0.2) is 15.0 Å². The van der Waals surface area contributed by atoms with E-state index in [1.54, 1.807) is 0 Å². The van der Waals surface area contributed by atoms with Crippen LogP contribution < -0.4 is 0 Å². The standard InChI is InChI=1S/C41H25N3/c1-2-12-29(13-3-1)40-33-16-8-9-17-34(33)43-41(44-40)30-20-18-28(19-21-30)37-38-31-14-6-4-10-26(31)22-24-35(38)42-36-25-23-27-11-5-7-15-32(27)39(36)37/h1-25H. The largest absolute Gasteiger partial charge is 0.248 e. The van der Waals surface area contributed by atoms with Gasteiger partial charge in [-0.25, -0.2) is 15.0 Å². The van der Waals surface area contributed by atoms with Crippen molar-refractivity contribution >= 4 is 54.3 Å². The van der Waals surface area contributed by atoms with Crippen molar-refractivity contribution in [2.24, 2.45) is 0 Å². The molecule has 0 aliphatic heterocycles. The molecule has 0 atom stereocenters. The SMILES string of the molecule is c1ccc(-c2nc(-c3ccc(-c4c5c(ccc6ccccc65)nc5ccc6ccccc6c45)cc3)nc3ccccc23)cc1. The molecule has 0 N–H and O–H groups in total. The van der Waals surface area contributed by atoms with E-state index >= 15 is 0 Å². The highest BCUT2D eigenvalue weighted by atomic mass is 14.9. The average Bonchev–Trinajstić information content (AvgIpc) is 3.10. The fourth-order valence-corrected chi connectivity index (χ4v) is 6.58. The lowest BCUT2D eigenvalue weighted by Crippen LogP contribution is -1.95. The summed E-state index contributed by atoms with van der Waals surface area (Å²) in [6.07, 6.45) is 0. The molecule has 0 fully saturated rings. The fraction of sp³-hybridized carbons (Fsp3) is 0. The highest BCUT2D eigenvalue weighted by Gasteiger charge is 2.17. The molecule has 7 aromatic carbocycles. The van der Waals surface area contributed by atoms with Crippen molar-refractivity contribution in [1.82, 2.24) is 15.0 Å². The molecule has 0 aliphatic rings. The Hall–Kier alpha value is -5.93. The number of fused-ring (bicyclic) bond motifs is 7. The minimum absolute atomic E-state index is 0.717. The first-order valence-corrected chi connectivity index (χ1v) is 14.9. The molecule has 0 radical (unpaired) electrons. The highest BCUT2D eigenvalue weighted by Crippen LogP contribution is 2.42. The van der Waals surface area contributed by atoms with Gasteiger partial charge in [-0.1, -0.05) is 133 Å². The van der Waals surface area contributed by atoms with Crippen molar-refractivity contribution in [2.75, 3.05) is 0 Å². The first kappa shape index (κ1) is 24.6. The summed E-state index contributed by atoms with van der Waals surface area (Å²) in [7, 11) is 0. The van der Waals surface area contributed by atoms with Gasteiger partial charge >= 0.3 is 0 Å². The first-order chi connectivity index (χ1) is 21.8. The van der Waals surface area contributed by atoms with Gasteiger partial charge in [-0.15, -0.1) is 0 Å². The van der Waals surface area contributed by atoms with Crippen LogP contribution in [0.2, 0.25) is 0 Å². The van der Waals surface area contributed by atoms with Crippen LogP contribution in [0.25, 0.3) is 88.0 Å². The average molecular weight is 560 g/mol. The number of benzene rings is 7. The zero-order valence-corrected chi connectivity index (χ0v) is 23.8. The predicted octanol–water partition coefficient (Wildman–Crippen LogP) is 10.6. The third kappa shape index (κ3) is 3.87. The minimum Gasteiger partial charge on any atom is -0.248 e. The maximum absolute atomic E-state index is 5.18. The Balaban J connectivity index is 1.31. The van der Waals surface area contributed by atoms with E-state index in [0.29, 0.717) is 0 Å². The lowest BCUT2D eigenvalue weighted by molar-refractivity contribution is 1.23. The Morgan fingerprint density at radius 3 is 1.52 bits per heavy atom. The van der Waals surface area contributed by atoms with Gasteiger partial charge in [0.25, 0.3) is 0 Å². The number of nitrogens with zero attached hydrogens (tertiary/aromatic N) is 3. The normalized spacial score (nSPS) is 11.6. The Labute approximate surface area is 254 Å². The maximum Gasteiger partial charge on any atom is 0.160 e. The van der Waals surface area contributed by atoms with E-state index in [1.165, 1.54) is 37.9 Å². The number of rotatable bonds is 3. The Kier molecular flexibility index (Phi) is 5.50. The lowest BCUT2D eigenvalue weighted by Gasteiger charge is -2.16. The topological polar surface area (TPSA) is 38.7 Å². The number of aromatic nitrogens is 3. The summed E-state index contributed by atoms with van der Waals surface area (Å²) < 4.78 is 0. The monoisotopic (exact) mass is 559 g/mol. The number of hydrogen-bond acceptors (Lipinski definition) is 3. The lowest BCUT2D eigenvalue weighted by atomic mass is 9.90. The third-order valence-electron chi connectivity index (χ3n) is 8.64. The van der Waals surface area contributed by atoms with Crippen LogP contribution in [0.4, 0.5) is 0 Å². The molecule has 0 saturated carbocycles. The smallest absolute Gasteiger partial charge is 0.160 e. The van der Waals surface area contributed by atoms with E-state index in [1.807, 2.05) is 18.2 Å². The van der Waals surface area contributed by atoms with Crippen LogP contribution in [-0.2, 0) is 0 Å². The fourth-order valence-electron chi connectivity index (χ4n) is 6.58. The predicted molar refractivity (Wildman–Crippen MR) is 184 cm³/mol. The highest BCUT2D eigenvalue weighted by molar-refractivity contribution is 6.25. The molecule has 2 aromatic heterocycles. The molecule has 0 spiro atoms. The molecular formula is C41H25N3. The van der Waals surface area contributed by atoms with Crippen molar-refractivity contribution in [3.8, 4) is 33.8 Å². The molecule has 0 bridgehead atoms. The van der Waals surface area contributed by atoms with Crippen LogP contribution >= 0.6 is 0 Å². The van der Waals surface area contributed by atoms with Crippen molar-refractivity contribution in [2.45, 2.75) is 0 Å². The maximum atomic E-state index is 5.18. The second-order valence-electron chi connectivity index (χ2n) is 11.2. The van der Waals surface area contributed by atoms with E-state index in [4.69, 9.17) is 15.0 Å². The van der Waals surface area contributed by atoms with Gasteiger partial charge in [-0.2, -0.15) is 0 Å². The molecule has 0 unspecified atom stereocenters. The second kappa shape index (κ2) is 9.82.